The first-order valence-electron chi connectivity index (χ1n) is 11.1. The maximum absolute atomic E-state index is 13.3. The van der Waals surface area contributed by atoms with Gasteiger partial charge in [0.05, 0.1) is 12.2 Å². The number of Topliss-reactive ketones (excluding diaryl/α,β-unsaturated/α-hetero) is 1. The van der Waals surface area contributed by atoms with Gasteiger partial charge in [0.2, 0.25) is 0 Å². The van der Waals surface area contributed by atoms with E-state index in [0.717, 1.165) is 11.3 Å². The number of benzene rings is 2. The molecule has 2 aliphatic rings. The SMILES string of the molecule is CC1=C(C(=O)OCCc2ccccc2)[C@@H](c2ccc(Cl)cc2Cl)C2=C(CC(C)(C)CC2=O)N1. The van der Waals surface area contributed by atoms with Gasteiger partial charge >= 0.3 is 5.97 Å². The first kappa shape index (κ1) is 23.6. The average Bonchev–Trinajstić information content (AvgIpc) is 2.72. The first-order valence-corrected chi connectivity index (χ1v) is 11.8. The molecule has 1 atom stereocenters. The number of ether oxygens (including phenoxy) is 1. The minimum absolute atomic E-state index is 0.0202. The quantitative estimate of drug-likeness (QED) is 0.500. The number of hydrogen-bond donors (Lipinski definition) is 1. The zero-order valence-corrected chi connectivity index (χ0v) is 20.5. The molecule has 0 amide bonds. The molecule has 0 spiro atoms. The van der Waals surface area contributed by atoms with Crippen molar-refractivity contribution in [1.29, 1.82) is 0 Å². The largest absolute Gasteiger partial charge is 0.462 e. The van der Waals surface area contributed by atoms with Crippen molar-refractivity contribution in [2.45, 2.75) is 46.0 Å². The van der Waals surface area contributed by atoms with Gasteiger partial charge in [-0.25, -0.2) is 4.79 Å². The number of carbonyl (C=O) groups excluding carboxylic acids is 2. The summed E-state index contributed by atoms with van der Waals surface area (Å²) in [4.78, 5) is 26.7. The number of rotatable bonds is 5. The van der Waals surface area contributed by atoms with E-state index in [-0.39, 0.29) is 17.8 Å². The Morgan fingerprint density at radius 3 is 2.55 bits per heavy atom. The fourth-order valence-corrected chi connectivity index (χ4v) is 5.25. The van der Waals surface area contributed by atoms with E-state index in [1.54, 1.807) is 18.2 Å². The Labute approximate surface area is 204 Å². The second-order valence-corrected chi connectivity index (χ2v) is 10.3. The van der Waals surface area contributed by atoms with E-state index in [1.807, 2.05) is 37.3 Å². The molecule has 33 heavy (non-hydrogen) atoms. The molecule has 0 fully saturated rings. The molecule has 1 aliphatic heterocycles. The molecule has 0 saturated heterocycles. The smallest absolute Gasteiger partial charge is 0.336 e. The monoisotopic (exact) mass is 483 g/mol. The minimum Gasteiger partial charge on any atom is -0.462 e. The van der Waals surface area contributed by atoms with Crippen molar-refractivity contribution >= 4 is 35.0 Å². The highest BCUT2D eigenvalue weighted by molar-refractivity contribution is 6.35. The molecule has 0 aromatic heterocycles. The molecule has 1 N–H and O–H groups in total. The molecular weight excluding hydrogens is 457 g/mol. The standard InChI is InChI=1S/C27H27Cl2NO3/c1-16-23(26(32)33-12-11-17-7-5-4-6-8-17)24(19-10-9-18(28)13-20(19)29)25-21(30-16)14-27(2,3)15-22(25)31/h4-10,13,24,30H,11-12,14-15H2,1-3H3/t24-/m1/s1. The van der Waals surface area contributed by atoms with Gasteiger partial charge in [-0.2, -0.15) is 0 Å². The summed E-state index contributed by atoms with van der Waals surface area (Å²) in [5.74, 6) is -1.03. The highest BCUT2D eigenvalue weighted by Crippen LogP contribution is 2.48. The molecule has 1 aliphatic carbocycles. The summed E-state index contributed by atoms with van der Waals surface area (Å²) in [7, 11) is 0. The minimum atomic E-state index is -0.598. The lowest BCUT2D eigenvalue weighted by molar-refractivity contribution is -0.139. The second kappa shape index (κ2) is 9.36. The molecule has 172 valence electrons. The number of dihydropyridines is 1. The normalized spacial score (nSPS) is 19.8. The van der Waals surface area contributed by atoms with Crippen LogP contribution in [0.3, 0.4) is 0 Å². The van der Waals surface area contributed by atoms with Gasteiger partial charge in [-0.1, -0.05) is 73.4 Å². The molecule has 0 unspecified atom stereocenters. The van der Waals surface area contributed by atoms with Crippen LogP contribution in [0.5, 0.6) is 0 Å². The number of halogens is 2. The molecule has 0 bridgehead atoms. The molecule has 4 nitrogen and oxygen atoms in total. The maximum Gasteiger partial charge on any atom is 0.336 e. The Morgan fingerprint density at radius 2 is 1.85 bits per heavy atom. The molecule has 0 saturated carbocycles. The summed E-state index contributed by atoms with van der Waals surface area (Å²) in [6.07, 6.45) is 1.73. The molecule has 6 heteroatoms. The molecule has 2 aromatic carbocycles. The van der Waals surface area contributed by atoms with Crippen molar-refractivity contribution in [3.8, 4) is 0 Å². The van der Waals surface area contributed by atoms with E-state index in [4.69, 9.17) is 27.9 Å². The Bertz CT molecular complexity index is 1170. The lowest BCUT2D eigenvalue weighted by atomic mass is 9.68. The Balaban J connectivity index is 1.70. The Morgan fingerprint density at radius 1 is 1.12 bits per heavy atom. The van der Waals surface area contributed by atoms with Gasteiger partial charge in [0.1, 0.15) is 0 Å². The molecule has 2 aromatic rings. The third kappa shape index (κ3) is 5.02. The van der Waals surface area contributed by atoms with Gasteiger partial charge in [-0.05, 0) is 42.0 Å². The Hall–Kier alpha value is -2.56. The van der Waals surface area contributed by atoms with Crippen molar-refractivity contribution in [3.63, 3.8) is 0 Å². The third-order valence-electron chi connectivity index (χ3n) is 6.20. The fourth-order valence-electron chi connectivity index (χ4n) is 4.74. The van der Waals surface area contributed by atoms with Gasteiger partial charge in [0.25, 0.3) is 0 Å². The third-order valence-corrected chi connectivity index (χ3v) is 6.76. The highest BCUT2D eigenvalue weighted by Gasteiger charge is 2.43. The van der Waals surface area contributed by atoms with Crippen LogP contribution in [0.15, 0.2) is 71.1 Å². The van der Waals surface area contributed by atoms with E-state index in [9.17, 15) is 9.59 Å². The van der Waals surface area contributed by atoms with Crippen molar-refractivity contribution in [2.24, 2.45) is 5.41 Å². The molecule has 4 rings (SSSR count). The number of carbonyl (C=O) groups is 2. The van der Waals surface area contributed by atoms with Crippen molar-refractivity contribution in [3.05, 3.63) is 92.2 Å². The van der Waals surface area contributed by atoms with E-state index in [1.165, 1.54) is 0 Å². The number of nitrogens with one attached hydrogen (secondary N) is 1. The van der Waals surface area contributed by atoms with Crippen molar-refractivity contribution < 1.29 is 14.3 Å². The van der Waals surface area contributed by atoms with Crippen LogP contribution in [0.2, 0.25) is 10.0 Å². The number of ketones is 1. The molecule has 0 radical (unpaired) electrons. The number of esters is 1. The second-order valence-electron chi connectivity index (χ2n) is 9.47. The van der Waals surface area contributed by atoms with E-state index < -0.39 is 11.9 Å². The maximum atomic E-state index is 13.3. The van der Waals surface area contributed by atoms with Crippen LogP contribution in [0.25, 0.3) is 0 Å². The van der Waals surface area contributed by atoms with Crippen LogP contribution in [-0.2, 0) is 20.7 Å². The van der Waals surface area contributed by atoms with Gasteiger partial charge in [0.15, 0.2) is 5.78 Å². The van der Waals surface area contributed by atoms with Crippen LogP contribution in [0.4, 0.5) is 0 Å². The van der Waals surface area contributed by atoms with Gasteiger partial charge in [-0.15, -0.1) is 0 Å². The fraction of sp³-hybridized carbons (Fsp3) is 0.333. The van der Waals surface area contributed by atoms with Crippen molar-refractivity contribution in [2.75, 3.05) is 6.61 Å². The lowest BCUT2D eigenvalue weighted by Gasteiger charge is -2.39. The summed E-state index contributed by atoms with van der Waals surface area (Å²) < 4.78 is 5.69. The van der Waals surface area contributed by atoms with Gasteiger partial charge < -0.3 is 10.1 Å². The molecular formula is C27H27Cl2NO3. The van der Waals surface area contributed by atoms with Crippen LogP contribution in [-0.4, -0.2) is 18.4 Å². The van der Waals surface area contributed by atoms with Gasteiger partial charge in [0, 0.05) is 45.8 Å². The predicted octanol–water partition coefficient (Wildman–Crippen LogP) is 6.38. The zero-order chi connectivity index (χ0) is 23.8. The van der Waals surface area contributed by atoms with Crippen molar-refractivity contribution in [1.82, 2.24) is 5.32 Å². The van der Waals surface area contributed by atoms with Crippen LogP contribution in [0.1, 0.15) is 50.7 Å². The van der Waals surface area contributed by atoms with E-state index in [0.29, 0.717) is 51.7 Å². The van der Waals surface area contributed by atoms with E-state index in [2.05, 4.69) is 19.2 Å². The summed E-state index contributed by atoms with van der Waals surface area (Å²) in [5.41, 5.74) is 4.15. The van der Waals surface area contributed by atoms with Crippen LogP contribution >= 0.6 is 23.2 Å². The average molecular weight is 484 g/mol. The topological polar surface area (TPSA) is 55.4 Å². The summed E-state index contributed by atoms with van der Waals surface area (Å²) in [5, 5.41) is 4.26. The summed E-state index contributed by atoms with van der Waals surface area (Å²) in [6, 6.07) is 15.0. The van der Waals surface area contributed by atoms with Crippen LogP contribution in [0, 0.1) is 5.41 Å². The number of allylic oxidation sites excluding steroid dienone is 3. The predicted molar refractivity (Wildman–Crippen MR) is 131 cm³/mol. The van der Waals surface area contributed by atoms with E-state index >= 15 is 0 Å². The first-order chi connectivity index (χ1) is 15.7. The summed E-state index contributed by atoms with van der Waals surface area (Å²) in [6.45, 7) is 6.24. The summed E-state index contributed by atoms with van der Waals surface area (Å²) >= 11 is 12.7. The Kier molecular flexibility index (Phi) is 6.69. The highest BCUT2D eigenvalue weighted by atomic mass is 35.5. The van der Waals surface area contributed by atoms with Crippen LogP contribution < -0.4 is 5.32 Å². The van der Waals surface area contributed by atoms with Gasteiger partial charge in [-0.3, -0.25) is 4.79 Å². The lowest BCUT2D eigenvalue weighted by Crippen LogP contribution is -2.38. The number of hydrogen-bond acceptors (Lipinski definition) is 4. The zero-order valence-electron chi connectivity index (χ0n) is 19.0. The molecule has 1 heterocycles.